The molecule has 144 valence electrons. The average Bonchev–Trinajstić information content (AvgIpc) is 2.47. The molecule has 1 atom stereocenters. The smallest absolute Gasteiger partial charge is 0.215 e. The first kappa shape index (κ1) is 24.3. The van der Waals surface area contributed by atoms with Crippen LogP contribution in [0, 0.1) is 5.92 Å². The van der Waals surface area contributed by atoms with Crippen LogP contribution in [0.3, 0.4) is 0 Å². The van der Waals surface area contributed by atoms with Gasteiger partial charge in [-0.05, 0) is 19.3 Å². The van der Waals surface area contributed by atoms with Crippen LogP contribution in [0.25, 0.3) is 0 Å². The highest BCUT2D eigenvalue weighted by atomic mass is 127. The van der Waals surface area contributed by atoms with Gasteiger partial charge in [0.25, 0.3) is 0 Å². The van der Waals surface area contributed by atoms with Gasteiger partial charge in [-0.1, -0.05) is 26.7 Å². The Kier molecular flexibility index (Phi) is 12.7. The molecule has 3 N–H and O–H groups in total. The number of guanidine groups is 1. The summed E-state index contributed by atoms with van der Waals surface area (Å²) >= 11 is 1.79. The zero-order chi connectivity index (χ0) is 17.3. The second-order valence-corrected chi connectivity index (χ2v) is 9.78. The summed E-state index contributed by atoms with van der Waals surface area (Å²) in [7, 11) is -3.20. The molecular formula is C15H33IN4O2S2. The van der Waals surface area contributed by atoms with E-state index in [4.69, 9.17) is 5.73 Å². The molecule has 1 saturated heterocycles. The lowest BCUT2D eigenvalue weighted by molar-refractivity contribution is 0.444. The summed E-state index contributed by atoms with van der Waals surface area (Å²) in [5.74, 6) is 2.83. The van der Waals surface area contributed by atoms with Crippen molar-refractivity contribution in [2.45, 2.75) is 46.1 Å². The minimum Gasteiger partial charge on any atom is -0.370 e. The molecule has 9 heteroatoms. The molecule has 0 bridgehead atoms. The molecule has 0 aromatic carbocycles. The van der Waals surface area contributed by atoms with E-state index in [9.17, 15) is 8.42 Å². The minimum absolute atomic E-state index is 0. The summed E-state index contributed by atoms with van der Waals surface area (Å²) in [5, 5.41) is 3.14. The van der Waals surface area contributed by atoms with Gasteiger partial charge in [0.05, 0.1) is 12.3 Å². The first-order chi connectivity index (χ1) is 10.8. The number of hydrogen-bond acceptors (Lipinski definition) is 4. The summed E-state index contributed by atoms with van der Waals surface area (Å²) in [4.78, 5) is 4.16. The van der Waals surface area contributed by atoms with E-state index in [0.29, 0.717) is 25.0 Å². The Morgan fingerprint density at radius 1 is 1.25 bits per heavy atom. The van der Waals surface area contributed by atoms with Crippen molar-refractivity contribution in [2.75, 3.05) is 36.9 Å². The molecule has 0 aliphatic carbocycles. The maximum absolute atomic E-state index is 12.2. The number of thioether (sulfide) groups is 1. The van der Waals surface area contributed by atoms with Crippen molar-refractivity contribution in [2.24, 2.45) is 16.6 Å². The molecule has 0 saturated carbocycles. The predicted molar refractivity (Wildman–Crippen MR) is 116 cm³/mol. The molecule has 0 amide bonds. The number of nitrogens with zero attached hydrogens (tertiary/aromatic N) is 2. The van der Waals surface area contributed by atoms with Crippen molar-refractivity contribution in [1.82, 2.24) is 9.62 Å². The van der Waals surface area contributed by atoms with Gasteiger partial charge >= 0.3 is 0 Å². The first-order valence-electron chi connectivity index (χ1n) is 8.43. The maximum atomic E-state index is 12.2. The van der Waals surface area contributed by atoms with Gasteiger partial charge in [0.1, 0.15) is 0 Å². The Balaban J connectivity index is 0.00000529. The van der Waals surface area contributed by atoms with Crippen LogP contribution >= 0.6 is 35.7 Å². The third-order valence-corrected chi connectivity index (χ3v) is 6.60. The van der Waals surface area contributed by atoms with E-state index in [1.807, 2.05) is 0 Å². The zero-order valence-electron chi connectivity index (χ0n) is 15.0. The SMILES string of the molecule is CC(C)CCCC(C)NC(N)=NCCS(=O)(=O)N1CCSCC1.I. The maximum Gasteiger partial charge on any atom is 0.215 e. The number of sulfonamides is 1. The standard InChI is InChI=1S/C15H32N4O2S2.HI/c1-13(2)5-4-6-14(3)18-15(16)17-7-12-23(20,21)19-8-10-22-11-9-19;/h13-14H,4-12H2,1-3H3,(H3,16,17,18);1H. The van der Waals surface area contributed by atoms with E-state index >= 15 is 0 Å². The monoisotopic (exact) mass is 492 g/mol. The molecule has 1 unspecified atom stereocenters. The third kappa shape index (κ3) is 10.3. The molecule has 1 fully saturated rings. The fourth-order valence-corrected chi connectivity index (χ4v) is 4.89. The number of nitrogens with one attached hydrogen (secondary N) is 1. The van der Waals surface area contributed by atoms with E-state index in [1.165, 1.54) is 6.42 Å². The number of hydrogen-bond donors (Lipinski definition) is 2. The second-order valence-electron chi connectivity index (χ2n) is 6.46. The van der Waals surface area contributed by atoms with Gasteiger partial charge in [-0.25, -0.2) is 12.7 Å². The Morgan fingerprint density at radius 3 is 2.46 bits per heavy atom. The summed E-state index contributed by atoms with van der Waals surface area (Å²) in [5.41, 5.74) is 5.84. The minimum atomic E-state index is -3.20. The van der Waals surface area contributed by atoms with Crippen molar-refractivity contribution >= 4 is 51.7 Å². The van der Waals surface area contributed by atoms with E-state index in [-0.39, 0.29) is 42.3 Å². The lowest BCUT2D eigenvalue weighted by atomic mass is 10.0. The molecule has 0 aromatic rings. The molecule has 0 radical (unpaired) electrons. The summed E-state index contributed by atoms with van der Waals surface area (Å²) in [6.45, 7) is 7.94. The quantitative estimate of drug-likeness (QED) is 0.293. The Morgan fingerprint density at radius 2 is 1.88 bits per heavy atom. The third-order valence-electron chi connectivity index (χ3n) is 3.81. The lowest BCUT2D eigenvalue weighted by Crippen LogP contribution is -2.41. The number of rotatable bonds is 9. The van der Waals surface area contributed by atoms with Gasteiger partial charge in [-0.2, -0.15) is 11.8 Å². The Labute approximate surface area is 168 Å². The molecule has 0 aromatic heterocycles. The second kappa shape index (κ2) is 12.6. The lowest BCUT2D eigenvalue weighted by Gasteiger charge is -2.25. The fourth-order valence-electron chi connectivity index (χ4n) is 2.44. The van der Waals surface area contributed by atoms with Crippen molar-refractivity contribution in [3.8, 4) is 0 Å². The zero-order valence-corrected chi connectivity index (χ0v) is 19.0. The van der Waals surface area contributed by atoms with Crippen LogP contribution < -0.4 is 11.1 Å². The Bertz CT molecular complexity index is 466. The van der Waals surface area contributed by atoms with E-state index in [2.05, 4.69) is 31.1 Å². The molecule has 24 heavy (non-hydrogen) atoms. The highest BCUT2D eigenvalue weighted by Crippen LogP contribution is 2.13. The van der Waals surface area contributed by atoms with Crippen LogP contribution in [0.15, 0.2) is 4.99 Å². The van der Waals surface area contributed by atoms with Crippen LogP contribution in [0.1, 0.15) is 40.0 Å². The highest BCUT2D eigenvalue weighted by molar-refractivity contribution is 14.0. The van der Waals surface area contributed by atoms with E-state index in [1.54, 1.807) is 16.1 Å². The summed E-state index contributed by atoms with van der Waals surface area (Å²) in [6.07, 6.45) is 3.40. The molecule has 1 aliphatic heterocycles. The topological polar surface area (TPSA) is 87.8 Å². The average molecular weight is 492 g/mol. The van der Waals surface area contributed by atoms with E-state index < -0.39 is 10.0 Å². The highest BCUT2D eigenvalue weighted by Gasteiger charge is 2.23. The van der Waals surface area contributed by atoms with Gasteiger partial charge in [0, 0.05) is 30.6 Å². The van der Waals surface area contributed by atoms with Gasteiger partial charge in [0.2, 0.25) is 10.0 Å². The summed E-state index contributed by atoms with van der Waals surface area (Å²) < 4.78 is 25.9. The Hall–Kier alpha value is 0.260. The van der Waals surface area contributed by atoms with Crippen molar-refractivity contribution in [3.63, 3.8) is 0 Å². The van der Waals surface area contributed by atoms with Crippen LogP contribution in [0.5, 0.6) is 0 Å². The van der Waals surface area contributed by atoms with Gasteiger partial charge in [-0.3, -0.25) is 4.99 Å². The number of aliphatic imine (C=N–C) groups is 1. The van der Waals surface area contributed by atoms with E-state index in [0.717, 1.165) is 24.3 Å². The predicted octanol–water partition coefficient (Wildman–Crippen LogP) is 2.10. The van der Waals surface area contributed by atoms with Gasteiger partial charge in [0.15, 0.2) is 5.96 Å². The van der Waals surface area contributed by atoms with Crippen LogP contribution in [0.2, 0.25) is 0 Å². The molecular weight excluding hydrogens is 459 g/mol. The first-order valence-corrected chi connectivity index (χ1v) is 11.2. The van der Waals surface area contributed by atoms with Gasteiger partial charge in [-0.15, -0.1) is 24.0 Å². The molecule has 0 spiro atoms. The van der Waals surface area contributed by atoms with Crippen molar-refractivity contribution < 1.29 is 8.42 Å². The van der Waals surface area contributed by atoms with Crippen molar-refractivity contribution in [1.29, 1.82) is 0 Å². The summed E-state index contributed by atoms with van der Waals surface area (Å²) in [6, 6.07) is 0.258. The molecule has 1 aliphatic rings. The van der Waals surface area contributed by atoms with Crippen molar-refractivity contribution in [3.05, 3.63) is 0 Å². The van der Waals surface area contributed by atoms with Gasteiger partial charge < -0.3 is 11.1 Å². The fraction of sp³-hybridized carbons (Fsp3) is 0.933. The normalized spacial score (nSPS) is 18.2. The molecule has 1 rings (SSSR count). The van der Waals surface area contributed by atoms with Crippen LogP contribution in [0.4, 0.5) is 0 Å². The van der Waals surface area contributed by atoms with Crippen LogP contribution in [-0.4, -0.2) is 61.6 Å². The molecule has 1 heterocycles. The van der Waals surface area contributed by atoms with Crippen LogP contribution in [-0.2, 0) is 10.0 Å². The number of nitrogens with two attached hydrogens (primary N) is 1. The molecule has 6 nitrogen and oxygen atoms in total. The largest absolute Gasteiger partial charge is 0.370 e. The number of halogens is 1.